The smallest absolute Gasteiger partial charge is 0.382 e. The maximum absolute atomic E-state index is 6.03. The first-order chi connectivity index (χ1) is 10.3. The fourth-order valence-electron chi connectivity index (χ4n) is 3.17. The molecule has 100 valence electrons. The first-order valence-corrected chi connectivity index (χ1v) is 6.94. The van der Waals surface area contributed by atoms with Crippen LogP contribution in [0.1, 0.15) is 0 Å². The molecule has 3 heterocycles. The minimum absolute atomic E-state index is 0.871. The van der Waals surface area contributed by atoms with Crippen LogP contribution < -0.4 is 4.57 Å². The van der Waals surface area contributed by atoms with Crippen LogP contribution in [0, 0.1) is 0 Å². The first-order valence-electron chi connectivity index (χ1n) is 6.94. The molecule has 0 fully saturated rings. The van der Waals surface area contributed by atoms with E-state index in [2.05, 4.69) is 22.8 Å². The number of benzene rings is 2. The number of para-hydroxylation sites is 2. The Morgan fingerprint density at radius 1 is 0.714 bits per heavy atom. The topological polar surface area (TPSA) is 30.2 Å². The molecule has 0 aliphatic heterocycles. The summed E-state index contributed by atoms with van der Waals surface area (Å²) in [5, 5.41) is 3.31. The van der Waals surface area contributed by atoms with Crippen molar-refractivity contribution >= 4 is 44.1 Å². The van der Waals surface area contributed by atoms with Crippen molar-refractivity contribution in [1.29, 1.82) is 0 Å². The second-order valence-electron chi connectivity index (χ2n) is 5.33. The molecule has 21 heavy (non-hydrogen) atoms. The van der Waals surface area contributed by atoms with E-state index in [1.165, 1.54) is 0 Å². The van der Waals surface area contributed by atoms with Crippen molar-refractivity contribution in [1.82, 2.24) is 0 Å². The molecule has 0 bridgehead atoms. The van der Waals surface area contributed by atoms with Gasteiger partial charge in [0.2, 0.25) is 5.58 Å². The molecule has 0 aliphatic carbocycles. The normalized spacial score (nSPS) is 12.0. The highest BCUT2D eigenvalue weighted by Crippen LogP contribution is 2.32. The number of hydrogen-bond acceptors (Lipinski definition) is 2. The lowest BCUT2D eigenvalue weighted by Crippen LogP contribution is -2.29. The maximum atomic E-state index is 6.03. The molecule has 3 nitrogen and oxygen atoms in total. The molecule has 5 aromatic rings. The van der Waals surface area contributed by atoms with Crippen LogP contribution in [0.4, 0.5) is 0 Å². The predicted octanol–water partition coefficient (Wildman–Crippen LogP) is 4.31. The maximum Gasteiger partial charge on any atom is 0.382 e. The lowest BCUT2D eigenvalue weighted by atomic mass is 10.1. The van der Waals surface area contributed by atoms with Gasteiger partial charge in [0.05, 0.1) is 5.39 Å². The van der Waals surface area contributed by atoms with Crippen molar-refractivity contribution < 1.29 is 13.4 Å². The van der Waals surface area contributed by atoms with Crippen molar-refractivity contribution in [2.24, 2.45) is 7.05 Å². The van der Waals surface area contributed by atoms with Crippen LogP contribution in [0.3, 0.4) is 0 Å². The van der Waals surface area contributed by atoms with Crippen LogP contribution in [0.15, 0.2) is 63.4 Å². The van der Waals surface area contributed by atoms with E-state index in [0.29, 0.717) is 0 Å². The van der Waals surface area contributed by atoms with E-state index in [9.17, 15) is 0 Å². The van der Waals surface area contributed by atoms with Crippen LogP contribution in [0.2, 0.25) is 0 Å². The third kappa shape index (κ3) is 1.30. The van der Waals surface area contributed by atoms with Crippen molar-refractivity contribution in [3.05, 3.63) is 54.6 Å². The molecule has 0 saturated heterocycles. The van der Waals surface area contributed by atoms with Gasteiger partial charge in [0.1, 0.15) is 23.6 Å². The Morgan fingerprint density at radius 3 is 2.19 bits per heavy atom. The van der Waals surface area contributed by atoms with Gasteiger partial charge in [-0.15, -0.1) is 0 Å². The minimum atomic E-state index is 0.871. The van der Waals surface area contributed by atoms with Gasteiger partial charge in [-0.1, -0.05) is 30.3 Å². The number of rotatable bonds is 0. The van der Waals surface area contributed by atoms with Crippen LogP contribution >= 0.6 is 0 Å². The van der Waals surface area contributed by atoms with E-state index >= 15 is 0 Å². The van der Waals surface area contributed by atoms with Gasteiger partial charge in [-0.25, -0.2) is 0 Å². The molecule has 0 saturated carbocycles. The summed E-state index contributed by atoms with van der Waals surface area (Å²) in [6.07, 6.45) is 0. The standard InChI is InChI=1S/C18H12NO2/c1-19-17-12-7-3-5-9-15(12)20-16(17)10-13-11-6-2-4-8-14(11)21-18(13)19/h2-10H,1H3/q+1. The number of aryl methyl sites for hydroxylation is 1. The Labute approximate surface area is 120 Å². The quantitative estimate of drug-likeness (QED) is 0.394. The summed E-state index contributed by atoms with van der Waals surface area (Å²) >= 11 is 0. The molecule has 0 aliphatic rings. The zero-order valence-corrected chi connectivity index (χ0v) is 11.5. The number of nitrogens with zero attached hydrogens (tertiary/aromatic N) is 1. The lowest BCUT2D eigenvalue weighted by Gasteiger charge is -1.91. The van der Waals surface area contributed by atoms with Crippen LogP contribution in [0.5, 0.6) is 0 Å². The van der Waals surface area contributed by atoms with E-state index in [1.54, 1.807) is 0 Å². The summed E-state index contributed by atoms with van der Waals surface area (Å²) in [6.45, 7) is 0. The summed E-state index contributed by atoms with van der Waals surface area (Å²) in [5.74, 6) is 0. The summed E-state index contributed by atoms with van der Waals surface area (Å²) in [4.78, 5) is 0. The molecule has 5 rings (SSSR count). The molecule has 0 atom stereocenters. The van der Waals surface area contributed by atoms with Gasteiger partial charge in [-0.05, 0) is 18.2 Å². The van der Waals surface area contributed by atoms with Gasteiger partial charge in [-0.2, -0.15) is 4.57 Å². The van der Waals surface area contributed by atoms with Gasteiger partial charge in [0.25, 0.3) is 5.52 Å². The van der Waals surface area contributed by atoms with Crippen molar-refractivity contribution in [2.45, 2.75) is 0 Å². The van der Waals surface area contributed by atoms with E-state index in [-0.39, 0.29) is 0 Å². The van der Waals surface area contributed by atoms with Crippen LogP contribution in [-0.2, 0) is 7.05 Å². The molecule has 0 amide bonds. The SMILES string of the molecule is C[n+]1c2oc3ccccc3c2cc2oc3ccccc3c21. The van der Waals surface area contributed by atoms with Gasteiger partial charge in [-0.3, -0.25) is 0 Å². The van der Waals surface area contributed by atoms with Crippen LogP contribution in [0.25, 0.3) is 44.1 Å². The number of pyridine rings is 1. The predicted molar refractivity (Wildman–Crippen MR) is 82.2 cm³/mol. The largest absolute Gasteiger partial charge is 0.449 e. The number of fused-ring (bicyclic) bond motifs is 6. The van der Waals surface area contributed by atoms with Gasteiger partial charge < -0.3 is 8.83 Å². The Hall–Kier alpha value is -2.81. The Balaban J connectivity index is 2.10. The first kappa shape index (κ1) is 10.9. The van der Waals surface area contributed by atoms with Crippen LogP contribution in [-0.4, -0.2) is 0 Å². The Morgan fingerprint density at radius 2 is 1.38 bits per heavy atom. The Kier molecular flexibility index (Phi) is 1.89. The summed E-state index contributed by atoms with van der Waals surface area (Å²) in [6, 6.07) is 18.3. The third-order valence-corrected chi connectivity index (χ3v) is 4.13. The Bertz CT molecular complexity index is 1140. The second kappa shape index (κ2) is 3.64. The fraction of sp³-hybridized carbons (Fsp3) is 0.0556. The highest BCUT2D eigenvalue weighted by Gasteiger charge is 2.23. The number of furan rings is 2. The fourth-order valence-corrected chi connectivity index (χ4v) is 3.17. The second-order valence-corrected chi connectivity index (χ2v) is 5.33. The molecule has 3 aromatic heterocycles. The highest BCUT2D eigenvalue weighted by atomic mass is 16.3. The zero-order valence-electron chi connectivity index (χ0n) is 11.5. The molecule has 3 heteroatoms. The van der Waals surface area contributed by atoms with Gasteiger partial charge in [0, 0.05) is 11.5 Å². The average Bonchev–Trinajstić information content (AvgIpc) is 3.06. The van der Waals surface area contributed by atoms with Crippen molar-refractivity contribution in [2.75, 3.05) is 0 Å². The molecule has 0 spiro atoms. The van der Waals surface area contributed by atoms with E-state index in [1.807, 2.05) is 43.4 Å². The van der Waals surface area contributed by atoms with Gasteiger partial charge >= 0.3 is 5.71 Å². The summed E-state index contributed by atoms with van der Waals surface area (Å²) < 4.78 is 14.1. The van der Waals surface area contributed by atoms with Crippen molar-refractivity contribution in [3.63, 3.8) is 0 Å². The summed E-state index contributed by atoms with van der Waals surface area (Å²) in [7, 11) is 2.02. The zero-order chi connectivity index (χ0) is 14.0. The molecule has 0 N–H and O–H groups in total. The molecule has 0 unspecified atom stereocenters. The molecular weight excluding hydrogens is 262 g/mol. The minimum Gasteiger partial charge on any atom is -0.449 e. The molecule has 2 aromatic carbocycles. The monoisotopic (exact) mass is 274 g/mol. The van der Waals surface area contributed by atoms with E-state index < -0.39 is 0 Å². The third-order valence-electron chi connectivity index (χ3n) is 4.13. The lowest BCUT2D eigenvalue weighted by molar-refractivity contribution is -0.623. The van der Waals surface area contributed by atoms with Gasteiger partial charge in [0.15, 0.2) is 0 Å². The number of hydrogen-bond donors (Lipinski definition) is 0. The van der Waals surface area contributed by atoms with Crippen molar-refractivity contribution in [3.8, 4) is 0 Å². The highest BCUT2D eigenvalue weighted by molar-refractivity contribution is 6.08. The van der Waals surface area contributed by atoms with E-state index in [4.69, 9.17) is 8.83 Å². The number of aromatic nitrogens is 1. The molecular formula is C18H12NO2+. The molecule has 0 radical (unpaired) electrons. The summed E-state index contributed by atoms with van der Waals surface area (Å²) in [5.41, 5.74) is 4.63. The van der Waals surface area contributed by atoms with E-state index in [0.717, 1.165) is 44.1 Å². The average molecular weight is 274 g/mol.